The smallest absolute Gasteiger partial charge is 0.360 e. The molecule has 21 heavy (non-hydrogen) atoms. The van der Waals surface area contributed by atoms with Crippen LogP contribution < -0.4 is 0 Å². The summed E-state index contributed by atoms with van der Waals surface area (Å²) >= 11 is 0. The van der Waals surface area contributed by atoms with Gasteiger partial charge in [0, 0.05) is 11.6 Å². The van der Waals surface area contributed by atoms with Crippen LogP contribution in [0.25, 0.3) is 11.3 Å². The second kappa shape index (κ2) is 6.69. The zero-order valence-electron chi connectivity index (χ0n) is 11.8. The van der Waals surface area contributed by atoms with Crippen molar-refractivity contribution in [1.29, 1.82) is 0 Å². The minimum atomic E-state index is -0.532. The van der Waals surface area contributed by atoms with E-state index in [0.717, 1.165) is 0 Å². The molecular formula is C15H15NO5. The van der Waals surface area contributed by atoms with Gasteiger partial charge >= 0.3 is 11.9 Å². The van der Waals surface area contributed by atoms with Crippen molar-refractivity contribution in [2.75, 3.05) is 13.2 Å². The lowest BCUT2D eigenvalue weighted by molar-refractivity contribution is 0.0509. The van der Waals surface area contributed by atoms with Crippen LogP contribution >= 0.6 is 0 Å². The molecule has 2 rings (SSSR count). The SMILES string of the molecule is CCOC(=O)c1ccc(-c2cc(C(=O)OCC)no2)cc1. The van der Waals surface area contributed by atoms with Gasteiger partial charge < -0.3 is 14.0 Å². The molecule has 2 aromatic rings. The molecule has 0 N–H and O–H groups in total. The highest BCUT2D eigenvalue weighted by atomic mass is 16.5. The van der Waals surface area contributed by atoms with Crippen LogP contribution in [0.2, 0.25) is 0 Å². The standard InChI is InChI=1S/C15H15NO5/c1-3-19-14(17)11-7-5-10(6-8-11)13-9-12(16-21-13)15(18)20-4-2/h5-9H,3-4H2,1-2H3. The van der Waals surface area contributed by atoms with Gasteiger partial charge in [-0.2, -0.15) is 0 Å². The van der Waals surface area contributed by atoms with Gasteiger partial charge in [-0.05, 0) is 26.0 Å². The summed E-state index contributed by atoms with van der Waals surface area (Å²) in [7, 11) is 0. The average molecular weight is 289 g/mol. The van der Waals surface area contributed by atoms with Gasteiger partial charge in [0.25, 0.3) is 0 Å². The van der Waals surface area contributed by atoms with Gasteiger partial charge in [0.2, 0.25) is 0 Å². The van der Waals surface area contributed by atoms with Gasteiger partial charge in [0.1, 0.15) is 0 Å². The lowest BCUT2D eigenvalue weighted by Gasteiger charge is -2.01. The predicted molar refractivity (Wildman–Crippen MR) is 73.9 cm³/mol. The van der Waals surface area contributed by atoms with E-state index in [2.05, 4.69) is 5.16 Å². The Kier molecular flexibility index (Phi) is 4.71. The van der Waals surface area contributed by atoms with Crippen LogP contribution in [-0.2, 0) is 9.47 Å². The van der Waals surface area contributed by atoms with E-state index in [1.54, 1.807) is 38.1 Å². The van der Waals surface area contributed by atoms with Crippen molar-refractivity contribution < 1.29 is 23.6 Å². The largest absolute Gasteiger partial charge is 0.462 e. The number of carbonyl (C=O) groups excluding carboxylic acids is 2. The molecule has 0 aliphatic rings. The number of benzene rings is 1. The Hall–Kier alpha value is -2.63. The number of ether oxygens (including phenoxy) is 2. The molecule has 0 amide bonds. The number of hydrogen-bond donors (Lipinski definition) is 0. The van der Waals surface area contributed by atoms with Crippen molar-refractivity contribution in [3.8, 4) is 11.3 Å². The highest BCUT2D eigenvalue weighted by molar-refractivity contribution is 5.90. The summed E-state index contributed by atoms with van der Waals surface area (Å²) in [5.74, 6) is -0.488. The lowest BCUT2D eigenvalue weighted by Crippen LogP contribution is -2.04. The molecule has 1 aromatic heterocycles. The van der Waals surface area contributed by atoms with E-state index in [4.69, 9.17) is 14.0 Å². The second-order valence-electron chi connectivity index (χ2n) is 4.09. The average Bonchev–Trinajstić information content (AvgIpc) is 2.98. The molecule has 0 bridgehead atoms. The van der Waals surface area contributed by atoms with Crippen LogP contribution in [0.4, 0.5) is 0 Å². The summed E-state index contributed by atoms with van der Waals surface area (Å²) in [6.45, 7) is 4.06. The minimum absolute atomic E-state index is 0.112. The maximum Gasteiger partial charge on any atom is 0.360 e. The predicted octanol–water partition coefficient (Wildman–Crippen LogP) is 2.70. The molecular weight excluding hydrogens is 274 g/mol. The molecule has 1 heterocycles. The number of esters is 2. The van der Waals surface area contributed by atoms with Gasteiger partial charge in [-0.15, -0.1) is 0 Å². The molecule has 6 nitrogen and oxygen atoms in total. The number of aromatic nitrogens is 1. The van der Waals surface area contributed by atoms with Crippen LogP contribution in [0.3, 0.4) is 0 Å². The van der Waals surface area contributed by atoms with Crippen molar-refractivity contribution in [3.63, 3.8) is 0 Å². The van der Waals surface area contributed by atoms with E-state index in [1.165, 1.54) is 6.07 Å². The van der Waals surface area contributed by atoms with Gasteiger partial charge in [-0.1, -0.05) is 17.3 Å². The fraction of sp³-hybridized carbons (Fsp3) is 0.267. The zero-order valence-corrected chi connectivity index (χ0v) is 11.8. The molecule has 0 atom stereocenters. The number of rotatable bonds is 5. The highest BCUT2D eigenvalue weighted by Gasteiger charge is 2.15. The molecule has 0 fully saturated rings. The fourth-order valence-corrected chi connectivity index (χ4v) is 1.70. The summed E-state index contributed by atoms with van der Waals surface area (Å²) in [5.41, 5.74) is 1.26. The van der Waals surface area contributed by atoms with Gasteiger partial charge in [-0.25, -0.2) is 9.59 Å². The summed E-state index contributed by atoms with van der Waals surface area (Å²) in [6.07, 6.45) is 0. The summed E-state index contributed by atoms with van der Waals surface area (Å²) < 4.78 is 14.8. The van der Waals surface area contributed by atoms with Gasteiger partial charge in [-0.3, -0.25) is 0 Å². The Morgan fingerprint density at radius 1 is 1.05 bits per heavy atom. The molecule has 0 unspecified atom stereocenters. The van der Waals surface area contributed by atoms with Crippen LogP contribution in [0.5, 0.6) is 0 Å². The molecule has 0 aliphatic heterocycles. The number of nitrogens with zero attached hydrogens (tertiary/aromatic N) is 1. The molecule has 110 valence electrons. The first-order chi connectivity index (χ1) is 10.2. The van der Waals surface area contributed by atoms with Crippen molar-refractivity contribution >= 4 is 11.9 Å². The number of carbonyl (C=O) groups is 2. The van der Waals surface area contributed by atoms with E-state index in [1.807, 2.05) is 0 Å². The first kappa shape index (κ1) is 14.8. The monoisotopic (exact) mass is 289 g/mol. The first-order valence-electron chi connectivity index (χ1n) is 6.57. The Morgan fingerprint density at radius 3 is 2.29 bits per heavy atom. The molecule has 0 aliphatic carbocycles. The minimum Gasteiger partial charge on any atom is -0.462 e. The van der Waals surface area contributed by atoms with Crippen LogP contribution in [0.1, 0.15) is 34.7 Å². The van der Waals surface area contributed by atoms with Crippen molar-refractivity contribution in [2.24, 2.45) is 0 Å². The van der Waals surface area contributed by atoms with E-state index in [0.29, 0.717) is 23.5 Å². The van der Waals surface area contributed by atoms with Gasteiger partial charge in [0.15, 0.2) is 11.5 Å². The maximum absolute atomic E-state index is 11.5. The Morgan fingerprint density at radius 2 is 1.67 bits per heavy atom. The molecule has 0 radical (unpaired) electrons. The Bertz CT molecular complexity index is 630. The quantitative estimate of drug-likeness (QED) is 0.787. The van der Waals surface area contributed by atoms with Crippen LogP contribution in [0.15, 0.2) is 34.9 Å². The zero-order chi connectivity index (χ0) is 15.2. The van der Waals surface area contributed by atoms with Crippen LogP contribution in [0, 0.1) is 0 Å². The first-order valence-corrected chi connectivity index (χ1v) is 6.57. The Labute approximate surface area is 121 Å². The third-order valence-corrected chi connectivity index (χ3v) is 2.68. The van der Waals surface area contributed by atoms with Crippen LogP contribution in [-0.4, -0.2) is 30.3 Å². The second-order valence-corrected chi connectivity index (χ2v) is 4.09. The summed E-state index contributed by atoms with van der Waals surface area (Å²) in [5, 5.41) is 3.66. The summed E-state index contributed by atoms with van der Waals surface area (Å²) in [6, 6.07) is 8.14. The van der Waals surface area contributed by atoms with Crippen molar-refractivity contribution in [2.45, 2.75) is 13.8 Å². The highest BCUT2D eigenvalue weighted by Crippen LogP contribution is 2.21. The van der Waals surface area contributed by atoms with Gasteiger partial charge in [0.05, 0.1) is 18.8 Å². The molecule has 0 saturated heterocycles. The van der Waals surface area contributed by atoms with E-state index < -0.39 is 5.97 Å². The lowest BCUT2D eigenvalue weighted by atomic mass is 10.1. The normalized spacial score (nSPS) is 10.2. The third kappa shape index (κ3) is 3.47. The Balaban J connectivity index is 2.15. The van der Waals surface area contributed by atoms with E-state index >= 15 is 0 Å². The van der Waals surface area contributed by atoms with Crippen molar-refractivity contribution in [3.05, 3.63) is 41.6 Å². The molecule has 0 spiro atoms. The topological polar surface area (TPSA) is 78.6 Å². The van der Waals surface area contributed by atoms with Crippen molar-refractivity contribution in [1.82, 2.24) is 5.16 Å². The van der Waals surface area contributed by atoms with E-state index in [-0.39, 0.29) is 18.3 Å². The molecule has 0 saturated carbocycles. The molecule has 6 heteroatoms. The molecule has 1 aromatic carbocycles. The maximum atomic E-state index is 11.5. The fourth-order valence-electron chi connectivity index (χ4n) is 1.70. The van der Waals surface area contributed by atoms with E-state index in [9.17, 15) is 9.59 Å². The third-order valence-electron chi connectivity index (χ3n) is 2.68. The summed E-state index contributed by atoms with van der Waals surface area (Å²) in [4.78, 5) is 23.0. The number of hydrogen-bond acceptors (Lipinski definition) is 6.